The maximum Gasteiger partial charge on any atom is 0.272 e. The molecule has 7 nitrogen and oxygen atoms in total. The van der Waals surface area contributed by atoms with Crippen LogP contribution in [0.15, 0.2) is 30.4 Å². The predicted octanol–water partition coefficient (Wildman–Crippen LogP) is 0.719. The molecule has 2 rings (SSSR count). The number of amides is 3. The Labute approximate surface area is 127 Å². The van der Waals surface area contributed by atoms with E-state index in [0.717, 1.165) is 22.2 Å². The minimum absolute atomic E-state index is 0.107. The Morgan fingerprint density at radius 1 is 1.14 bits per heavy atom. The zero-order chi connectivity index (χ0) is 16.3. The Balaban J connectivity index is 2.14. The lowest BCUT2D eigenvalue weighted by molar-refractivity contribution is -0.166. The van der Waals surface area contributed by atoms with Crippen molar-refractivity contribution in [3.63, 3.8) is 0 Å². The van der Waals surface area contributed by atoms with Gasteiger partial charge in [0.1, 0.15) is 0 Å². The number of carbonyl (C=O) groups is 3. The number of imide groups is 1. The van der Waals surface area contributed by atoms with E-state index in [-0.39, 0.29) is 30.4 Å². The molecule has 3 amide bonds. The Morgan fingerprint density at radius 3 is 2.32 bits per heavy atom. The molecular formula is C15H16N2O5. The molecule has 0 atom stereocenters. The third kappa shape index (κ3) is 3.08. The fourth-order valence-electron chi connectivity index (χ4n) is 2.11. The number of benzene rings is 1. The lowest BCUT2D eigenvalue weighted by Crippen LogP contribution is -2.50. The first-order valence-corrected chi connectivity index (χ1v) is 6.81. The molecule has 0 bridgehead atoms. The second kappa shape index (κ2) is 6.30. The normalized spacial score (nSPS) is 13.8. The standard InChI is InChI=1S/C15H16N2O5/c1-2-13(20)16(17-14(21)5-6-15(17)22)8-7-10-3-4-11(18)12(19)9-10/h3-6,9,18-19H,2,7-8H2,1H3. The van der Waals surface area contributed by atoms with Crippen LogP contribution in [0.2, 0.25) is 0 Å². The monoisotopic (exact) mass is 304 g/mol. The van der Waals surface area contributed by atoms with Gasteiger partial charge in [-0.25, -0.2) is 5.01 Å². The van der Waals surface area contributed by atoms with Crippen molar-refractivity contribution in [2.24, 2.45) is 0 Å². The highest BCUT2D eigenvalue weighted by molar-refractivity contribution is 6.13. The Bertz CT molecular complexity index is 635. The molecule has 0 fully saturated rings. The summed E-state index contributed by atoms with van der Waals surface area (Å²) in [6, 6.07) is 4.30. The van der Waals surface area contributed by atoms with Crippen molar-refractivity contribution in [2.45, 2.75) is 19.8 Å². The first kappa shape index (κ1) is 15.6. The molecule has 116 valence electrons. The van der Waals surface area contributed by atoms with Gasteiger partial charge in [-0.2, -0.15) is 5.01 Å². The van der Waals surface area contributed by atoms with Crippen LogP contribution in [0.3, 0.4) is 0 Å². The van der Waals surface area contributed by atoms with E-state index in [2.05, 4.69) is 0 Å². The number of phenolic OH excluding ortho intramolecular Hbond substituents is 2. The van der Waals surface area contributed by atoms with Gasteiger partial charge in [0.25, 0.3) is 11.8 Å². The summed E-state index contributed by atoms with van der Waals surface area (Å²) >= 11 is 0. The molecule has 1 aliphatic rings. The van der Waals surface area contributed by atoms with E-state index < -0.39 is 11.8 Å². The van der Waals surface area contributed by atoms with E-state index in [1.807, 2.05) is 0 Å². The molecule has 0 unspecified atom stereocenters. The second-order valence-electron chi connectivity index (χ2n) is 4.77. The first-order valence-electron chi connectivity index (χ1n) is 6.81. The summed E-state index contributed by atoms with van der Waals surface area (Å²) in [4.78, 5) is 35.4. The smallest absolute Gasteiger partial charge is 0.272 e. The summed E-state index contributed by atoms with van der Waals surface area (Å²) in [5, 5.41) is 20.6. The van der Waals surface area contributed by atoms with Crippen molar-refractivity contribution in [3.05, 3.63) is 35.9 Å². The van der Waals surface area contributed by atoms with Crippen LogP contribution in [0.25, 0.3) is 0 Å². The van der Waals surface area contributed by atoms with Crippen molar-refractivity contribution in [1.82, 2.24) is 10.0 Å². The topological polar surface area (TPSA) is 98.2 Å². The van der Waals surface area contributed by atoms with Gasteiger partial charge in [-0.3, -0.25) is 14.4 Å². The Hall–Kier alpha value is -2.83. The van der Waals surface area contributed by atoms with Crippen LogP contribution < -0.4 is 0 Å². The second-order valence-corrected chi connectivity index (χ2v) is 4.77. The fraction of sp³-hybridized carbons (Fsp3) is 0.267. The summed E-state index contributed by atoms with van der Waals surface area (Å²) in [6.07, 6.45) is 2.70. The van der Waals surface area contributed by atoms with Crippen LogP contribution in [0.1, 0.15) is 18.9 Å². The van der Waals surface area contributed by atoms with Gasteiger partial charge in [-0.05, 0) is 24.1 Å². The Kier molecular flexibility index (Phi) is 4.45. The molecule has 0 aromatic heterocycles. The van der Waals surface area contributed by atoms with Gasteiger partial charge in [-0.15, -0.1) is 0 Å². The maximum absolute atomic E-state index is 12.0. The summed E-state index contributed by atoms with van der Waals surface area (Å²) in [5.74, 6) is -1.96. The van der Waals surface area contributed by atoms with Crippen molar-refractivity contribution < 1.29 is 24.6 Å². The van der Waals surface area contributed by atoms with Crippen LogP contribution in [-0.4, -0.2) is 44.5 Å². The number of aromatic hydroxyl groups is 2. The molecule has 22 heavy (non-hydrogen) atoms. The average Bonchev–Trinajstić information content (AvgIpc) is 2.82. The molecule has 0 aliphatic carbocycles. The number of nitrogens with zero attached hydrogens (tertiary/aromatic N) is 2. The number of phenols is 2. The lowest BCUT2D eigenvalue weighted by atomic mass is 10.1. The highest BCUT2D eigenvalue weighted by Gasteiger charge is 2.32. The van der Waals surface area contributed by atoms with E-state index in [0.29, 0.717) is 12.0 Å². The van der Waals surface area contributed by atoms with Gasteiger partial charge in [-0.1, -0.05) is 13.0 Å². The highest BCUT2D eigenvalue weighted by atomic mass is 16.3. The van der Waals surface area contributed by atoms with E-state index in [9.17, 15) is 24.6 Å². The molecule has 0 radical (unpaired) electrons. The van der Waals surface area contributed by atoms with Gasteiger partial charge >= 0.3 is 0 Å². The van der Waals surface area contributed by atoms with E-state index >= 15 is 0 Å². The first-order chi connectivity index (χ1) is 10.4. The van der Waals surface area contributed by atoms with Gasteiger partial charge in [0.15, 0.2) is 11.5 Å². The largest absolute Gasteiger partial charge is 0.504 e. The molecule has 0 saturated heterocycles. The number of hydrazine groups is 1. The molecule has 1 heterocycles. The summed E-state index contributed by atoms with van der Waals surface area (Å²) < 4.78 is 0. The van der Waals surface area contributed by atoms with Gasteiger partial charge < -0.3 is 10.2 Å². The van der Waals surface area contributed by atoms with Crippen molar-refractivity contribution >= 4 is 17.7 Å². The van der Waals surface area contributed by atoms with Crippen LogP contribution in [-0.2, 0) is 20.8 Å². The maximum atomic E-state index is 12.0. The number of carbonyl (C=O) groups excluding carboxylic acids is 3. The van der Waals surface area contributed by atoms with E-state index in [4.69, 9.17) is 0 Å². The van der Waals surface area contributed by atoms with Crippen LogP contribution >= 0.6 is 0 Å². The molecule has 2 N–H and O–H groups in total. The fourth-order valence-corrected chi connectivity index (χ4v) is 2.11. The molecule has 1 aromatic carbocycles. The molecule has 0 saturated carbocycles. The van der Waals surface area contributed by atoms with Crippen molar-refractivity contribution in [2.75, 3.05) is 6.54 Å². The molecule has 1 aromatic rings. The average molecular weight is 304 g/mol. The van der Waals surface area contributed by atoms with Crippen LogP contribution in [0, 0.1) is 0 Å². The quantitative estimate of drug-likeness (QED) is 0.617. The molecule has 0 spiro atoms. The number of rotatable bonds is 5. The van der Waals surface area contributed by atoms with Crippen LogP contribution in [0.4, 0.5) is 0 Å². The summed E-state index contributed by atoms with van der Waals surface area (Å²) in [7, 11) is 0. The Morgan fingerprint density at radius 2 is 1.77 bits per heavy atom. The van der Waals surface area contributed by atoms with E-state index in [1.54, 1.807) is 13.0 Å². The third-order valence-electron chi connectivity index (χ3n) is 3.27. The van der Waals surface area contributed by atoms with Gasteiger partial charge in [0.2, 0.25) is 5.91 Å². The zero-order valence-electron chi connectivity index (χ0n) is 12.0. The van der Waals surface area contributed by atoms with Crippen molar-refractivity contribution in [3.8, 4) is 11.5 Å². The minimum atomic E-state index is -0.555. The van der Waals surface area contributed by atoms with Gasteiger partial charge in [0, 0.05) is 25.1 Å². The van der Waals surface area contributed by atoms with Gasteiger partial charge in [0.05, 0.1) is 0 Å². The number of hydrogen-bond acceptors (Lipinski definition) is 5. The van der Waals surface area contributed by atoms with E-state index in [1.165, 1.54) is 12.1 Å². The molecule has 1 aliphatic heterocycles. The van der Waals surface area contributed by atoms with Crippen LogP contribution in [0.5, 0.6) is 11.5 Å². The minimum Gasteiger partial charge on any atom is -0.504 e. The SMILES string of the molecule is CCC(=O)N(CCc1ccc(O)c(O)c1)N1C(=O)C=CC1=O. The predicted molar refractivity (Wildman–Crippen MR) is 76.5 cm³/mol. The summed E-state index contributed by atoms with van der Waals surface area (Å²) in [5.41, 5.74) is 0.663. The number of hydrogen-bond donors (Lipinski definition) is 2. The highest BCUT2D eigenvalue weighted by Crippen LogP contribution is 2.25. The van der Waals surface area contributed by atoms with Crippen molar-refractivity contribution in [1.29, 1.82) is 0 Å². The molecular weight excluding hydrogens is 288 g/mol. The molecule has 7 heteroatoms. The third-order valence-corrected chi connectivity index (χ3v) is 3.27. The zero-order valence-corrected chi connectivity index (χ0v) is 12.0. The summed E-state index contributed by atoms with van der Waals surface area (Å²) in [6.45, 7) is 1.75. The lowest BCUT2D eigenvalue weighted by Gasteiger charge is -2.29.